The number of hydrogen-bond acceptors (Lipinski definition) is 3. The van der Waals surface area contributed by atoms with E-state index in [4.69, 9.17) is 4.74 Å². The van der Waals surface area contributed by atoms with E-state index in [0.29, 0.717) is 17.4 Å². The summed E-state index contributed by atoms with van der Waals surface area (Å²) < 4.78 is 5.11. The highest BCUT2D eigenvalue weighted by molar-refractivity contribution is 8.00. The monoisotopic (exact) mass is 223 g/mol. The molecule has 3 nitrogen and oxygen atoms in total. The lowest BCUT2D eigenvalue weighted by Gasteiger charge is -2.07. The summed E-state index contributed by atoms with van der Waals surface area (Å²) in [5.41, 5.74) is 0.712. The molecule has 1 aliphatic rings. The smallest absolute Gasteiger partial charge is 0.252 e. The van der Waals surface area contributed by atoms with Gasteiger partial charge in [-0.25, -0.2) is 0 Å². The van der Waals surface area contributed by atoms with Crippen molar-refractivity contribution in [2.45, 2.75) is 17.1 Å². The van der Waals surface area contributed by atoms with Crippen molar-refractivity contribution in [1.82, 2.24) is 5.32 Å². The van der Waals surface area contributed by atoms with Crippen LogP contribution in [0.2, 0.25) is 0 Å². The Kier molecular flexibility index (Phi) is 2.86. The van der Waals surface area contributed by atoms with Crippen LogP contribution in [0.25, 0.3) is 0 Å². The number of carbonyl (C=O) groups excluding carboxylic acids is 1. The van der Waals surface area contributed by atoms with E-state index in [9.17, 15) is 4.79 Å². The minimum absolute atomic E-state index is 0.0132. The fourth-order valence-electron chi connectivity index (χ4n) is 1.51. The number of rotatable bonds is 1. The van der Waals surface area contributed by atoms with Gasteiger partial charge in [0.25, 0.3) is 5.91 Å². The van der Waals surface area contributed by atoms with Crippen LogP contribution in [0, 0.1) is 0 Å². The molecule has 0 unspecified atom stereocenters. The van der Waals surface area contributed by atoms with Gasteiger partial charge in [-0.3, -0.25) is 4.79 Å². The van der Waals surface area contributed by atoms with Gasteiger partial charge in [-0.05, 0) is 18.2 Å². The Morgan fingerprint density at radius 2 is 2.33 bits per heavy atom. The van der Waals surface area contributed by atoms with E-state index in [2.05, 4.69) is 12.2 Å². The van der Waals surface area contributed by atoms with Crippen molar-refractivity contribution in [3.8, 4) is 5.75 Å². The molecule has 1 aromatic rings. The number of nitrogens with one attached hydrogen (secondary N) is 1. The zero-order chi connectivity index (χ0) is 10.8. The van der Waals surface area contributed by atoms with Gasteiger partial charge in [-0.2, -0.15) is 0 Å². The molecule has 2 rings (SSSR count). The first-order valence-electron chi connectivity index (χ1n) is 4.83. The Labute approximate surface area is 93.2 Å². The van der Waals surface area contributed by atoms with Gasteiger partial charge in [-0.1, -0.05) is 6.92 Å². The number of amides is 1. The highest BCUT2D eigenvalue weighted by atomic mass is 32.2. The molecule has 0 radical (unpaired) electrons. The third-order valence-corrected chi connectivity index (χ3v) is 3.49. The van der Waals surface area contributed by atoms with Crippen molar-refractivity contribution >= 4 is 17.7 Å². The Balaban J connectivity index is 2.43. The largest absolute Gasteiger partial charge is 0.497 e. The summed E-state index contributed by atoms with van der Waals surface area (Å²) in [4.78, 5) is 12.8. The van der Waals surface area contributed by atoms with Crippen LogP contribution < -0.4 is 10.1 Å². The van der Waals surface area contributed by atoms with E-state index >= 15 is 0 Å². The maximum Gasteiger partial charge on any atom is 0.252 e. The Morgan fingerprint density at radius 3 is 3.07 bits per heavy atom. The molecule has 0 saturated heterocycles. The van der Waals surface area contributed by atoms with Crippen LogP contribution >= 0.6 is 11.8 Å². The highest BCUT2D eigenvalue weighted by Crippen LogP contribution is 2.31. The van der Waals surface area contributed by atoms with Crippen molar-refractivity contribution in [2.24, 2.45) is 0 Å². The number of thioether (sulfide) groups is 1. The van der Waals surface area contributed by atoms with E-state index in [0.717, 1.165) is 10.6 Å². The first kappa shape index (κ1) is 10.4. The molecule has 0 saturated carbocycles. The molecule has 0 spiro atoms. The lowest BCUT2D eigenvalue weighted by atomic mass is 10.2. The summed E-state index contributed by atoms with van der Waals surface area (Å²) in [6.07, 6.45) is 0. The quantitative estimate of drug-likeness (QED) is 0.790. The average Bonchev–Trinajstić information content (AvgIpc) is 2.39. The summed E-state index contributed by atoms with van der Waals surface area (Å²) in [5, 5.41) is 3.29. The molecule has 1 atom stereocenters. The molecule has 4 heteroatoms. The predicted molar refractivity (Wildman–Crippen MR) is 60.6 cm³/mol. The van der Waals surface area contributed by atoms with Crippen LogP contribution in [0.5, 0.6) is 5.75 Å². The summed E-state index contributed by atoms with van der Waals surface area (Å²) in [6.45, 7) is 2.81. The standard InChI is InChI=1S/C11H13NO2S/c1-7-6-12-11(13)9-5-8(14-2)3-4-10(9)15-7/h3-5,7H,6H2,1-2H3,(H,12,13)/t7-/m0/s1. The van der Waals surface area contributed by atoms with Crippen LogP contribution in [0.4, 0.5) is 0 Å². The van der Waals surface area contributed by atoms with Crippen LogP contribution in [0.1, 0.15) is 17.3 Å². The first-order chi connectivity index (χ1) is 7.20. The lowest BCUT2D eigenvalue weighted by molar-refractivity contribution is 0.0952. The lowest BCUT2D eigenvalue weighted by Crippen LogP contribution is -2.26. The van der Waals surface area contributed by atoms with Crippen LogP contribution in [-0.4, -0.2) is 24.8 Å². The van der Waals surface area contributed by atoms with Crippen LogP contribution in [0.3, 0.4) is 0 Å². The summed E-state index contributed by atoms with van der Waals surface area (Å²) >= 11 is 1.72. The predicted octanol–water partition coefficient (Wildman–Crippen LogP) is 1.92. The van der Waals surface area contributed by atoms with E-state index in [1.165, 1.54) is 0 Å². The summed E-state index contributed by atoms with van der Waals surface area (Å²) in [5.74, 6) is 0.708. The number of fused-ring (bicyclic) bond motifs is 1. The maximum absolute atomic E-state index is 11.7. The third kappa shape index (κ3) is 2.09. The Hall–Kier alpha value is -1.16. The van der Waals surface area contributed by atoms with E-state index in [-0.39, 0.29) is 5.91 Å². The molecule has 15 heavy (non-hydrogen) atoms. The number of methoxy groups -OCH3 is 1. The Bertz CT molecular complexity index is 392. The Morgan fingerprint density at radius 1 is 1.53 bits per heavy atom. The number of ether oxygens (including phenoxy) is 1. The number of carbonyl (C=O) groups is 1. The average molecular weight is 223 g/mol. The zero-order valence-electron chi connectivity index (χ0n) is 8.74. The molecule has 1 aromatic carbocycles. The zero-order valence-corrected chi connectivity index (χ0v) is 9.56. The minimum Gasteiger partial charge on any atom is -0.497 e. The minimum atomic E-state index is -0.0132. The molecule has 1 amide bonds. The van der Waals surface area contributed by atoms with Gasteiger partial charge in [0.1, 0.15) is 5.75 Å². The molecule has 0 aliphatic carbocycles. The SMILES string of the molecule is COc1ccc2c(c1)C(=O)NC[C@H](C)S2. The fourth-order valence-corrected chi connectivity index (χ4v) is 2.53. The summed E-state index contributed by atoms with van der Waals surface area (Å²) in [6, 6.07) is 5.62. The molecule has 1 heterocycles. The molecule has 80 valence electrons. The van der Waals surface area contributed by atoms with E-state index < -0.39 is 0 Å². The number of benzene rings is 1. The van der Waals surface area contributed by atoms with Gasteiger partial charge in [0.2, 0.25) is 0 Å². The molecule has 0 fully saturated rings. The topological polar surface area (TPSA) is 38.3 Å². The molecule has 0 aromatic heterocycles. The molecule has 1 N–H and O–H groups in total. The molecule has 1 aliphatic heterocycles. The van der Waals surface area contributed by atoms with Crippen LogP contribution in [0.15, 0.2) is 23.1 Å². The second kappa shape index (κ2) is 4.14. The van der Waals surface area contributed by atoms with Gasteiger partial charge < -0.3 is 10.1 Å². The fraction of sp³-hybridized carbons (Fsp3) is 0.364. The molecule has 0 bridgehead atoms. The van der Waals surface area contributed by atoms with Crippen molar-refractivity contribution in [3.63, 3.8) is 0 Å². The normalized spacial score (nSPS) is 20.1. The summed E-state index contributed by atoms with van der Waals surface area (Å²) in [7, 11) is 1.60. The third-order valence-electron chi connectivity index (χ3n) is 2.31. The van der Waals surface area contributed by atoms with Crippen LogP contribution in [-0.2, 0) is 0 Å². The van der Waals surface area contributed by atoms with E-state index in [1.54, 1.807) is 24.9 Å². The maximum atomic E-state index is 11.7. The molecular weight excluding hydrogens is 210 g/mol. The highest BCUT2D eigenvalue weighted by Gasteiger charge is 2.19. The second-order valence-electron chi connectivity index (χ2n) is 3.50. The van der Waals surface area contributed by atoms with Gasteiger partial charge in [-0.15, -0.1) is 11.8 Å². The van der Waals surface area contributed by atoms with Gasteiger partial charge >= 0.3 is 0 Å². The van der Waals surface area contributed by atoms with Crippen molar-refractivity contribution in [3.05, 3.63) is 23.8 Å². The van der Waals surface area contributed by atoms with Crippen molar-refractivity contribution < 1.29 is 9.53 Å². The second-order valence-corrected chi connectivity index (χ2v) is 4.98. The van der Waals surface area contributed by atoms with E-state index in [1.807, 2.05) is 12.1 Å². The van der Waals surface area contributed by atoms with Crippen molar-refractivity contribution in [1.29, 1.82) is 0 Å². The van der Waals surface area contributed by atoms with Crippen molar-refractivity contribution in [2.75, 3.05) is 13.7 Å². The molecular formula is C11H13NO2S. The number of hydrogen-bond donors (Lipinski definition) is 1. The van der Waals surface area contributed by atoms with Gasteiger partial charge in [0, 0.05) is 16.7 Å². The van der Waals surface area contributed by atoms with Gasteiger partial charge in [0.05, 0.1) is 12.7 Å². The van der Waals surface area contributed by atoms with Gasteiger partial charge in [0.15, 0.2) is 0 Å². The first-order valence-corrected chi connectivity index (χ1v) is 5.71.